The maximum atomic E-state index is 12.8. The number of sulfonamides is 1. The number of hydrogen-bond donors (Lipinski definition) is 2. The third-order valence-electron chi connectivity index (χ3n) is 4.18. The van der Waals surface area contributed by atoms with Crippen LogP contribution in [0.2, 0.25) is 0 Å². The normalized spacial score (nSPS) is 11.5. The van der Waals surface area contributed by atoms with Gasteiger partial charge in [0.2, 0.25) is 10.0 Å². The van der Waals surface area contributed by atoms with Crippen LogP contribution in [0.15, 0.2) is 59.5 Å². The van der Waals surface area contributed by atoms with E-state index in [2.05, 4.69) is 15.1 Å². The van der Waals surface area contributed by atoms with Crippen LogP contribution in [0.25, 0.3) is 5.69 Å². The van der Waals surface area contributed by atoms with Crippen molar-refractivity contribution >= 4 is 27.4 Å². The first-order valence-electron chi connectivity index (χ1n) is 9.32. The maximum Gasteiger partial charge on any atom is 0.269 e. The van der Waals surface area contributed by atoms with E-state index in [1.807, 2.05) is 0 Å². The summed E-state index contributed by atoms with van der Waals surface area (Å²) >= 11 is 0. The number of aryl methyl sites for hydroxylation is 1. The van der Waals surface area contributed by atoms with E-state index < -0.39 is 20.9 Å². The van der Waals surface area contributed by atoms with Crippen molar-refractivity contribution in [3.8, 4) is 5.69 Å². The largest absolute Gasteiger partial charge is 0.306 e. The third-order valence-corrected chi connectivity index (χ3v) is 5.83. The number of amides is 1. The van der Waals surface area contributed by atoms with E-state index in [1.54, 1.807) is 26.8 Å². The first kappa shape index (κ1) is 22.1. The van der Waals surface area contributed by atoms with Crippen molar-refractivity contribution in [3.05, 3.63) is 76.0 Å². The van der Waals surface area contributed by atoms with Crippen LogP contribution in [0, 0.1) is 17.0 Å². The summed E-state index contributed by atoms with van der Waals surface area (Å²) in [4.78, 5) is 23.1. The Morgan fingerprint density at radius 3 is 2.42 bits per heavy atom. The summed E-state index contributed by atoms with van der Waals surface area (Å²) in [5.41, 5.74) is 1.23. The molecule has 0 unspecified atom stereocenters. The van der Waals surface area contributed by atoms with Crippen molar-refractivity contribution in [3.63, 3.8) is 0 Å². The highest BCUT2D eigenvalue weighted by atomic mass is 32.2. The monoisotopic (exact) mass is 443 g/mol. The molecule has 1 aromatic heterocycles. The highest BCUT2D eigenvalue weighted by Crippen LogP contribution is 2.21. The van der Waals surface area contributed by atoms with Crippen molar-refractivity contribution in [2.75, 3.05) is 5.32 Å². The van der Waals surface area contributed by atoms with Crippen LogP contribution in [-0.4, -0.2) is 35.1 Å². The van der Waals surface area contributed by atoms with Crippen LogP contribution in [-0.2, 0) is 10.0 Å². The van der Waals surface area contributed by atoms with Gasteiger partial charge in [0, 0.05) is 29.8 Å². The Kier molecular flexibility index (Phi) is 6.18. The highest BCUT2D eigenvalue weighted by molar-refractivity contribution is 7.89. The quantitative estimate of drug-likeness (QED) is 0.425. The molecule has 0 aliphatic heterocycles. The Bertz CT molecular complexity index is 1230. The molecule has 1 heterocycles. The number of nitrogens with zero attached hydrogens (tertiary/aromatic N) is 3. The summed E-state index contributed by atoms with van der Waals surface area (Å²) in [7, 11) is -3.75. The van der Waals surface area contributed by atoms with Crippen LogP contribution in [0.5, 0.6) is 0 Å². The number of carbonyl (C=O) groups excluding carboxylic acids is 1. The van der Waals surface area contributed by atoms with Gasteiger partial charge in [0.15, 0.2) is 0 Å². The number of nitro benzene ring substituents is 1. The van der Waals surface area contributed by atoms with Gasteiger partial charge in [-0.05, 0) is 51.1 Å². The van der Waals surface area contributed by atoms with Gasteiger partial charge in [-0.1, -0.05) is 6.07 Å². The lowest BCUT2D eigenvalue weighted by Gasteiger charge is -2.11. The average Bonchev–Trinajstić information content (AvgIpc) is 3.07. The Morgan fingerprint density at radius 2 is 1.81 bits per heavy atom. The summed E-state index contributed by atoms with van der Waals surface area (Å²) in [6.07, 6.45) is 0. The topological polar surface area (TPSA) is 136 Å². The molecule has 10 nitrogen and oxygen atoms in total. The van der Waals surface area contributed by atoms with E-state index in [4.69, 9.17) is 0 Å². The van der Waals surface area contributed by atoms with Crippen molar-refractivity contribution < 1.29 is 18.1 Å². The summed E-state index contributed by atoms with van der Waals surface area (Å²) in [5.74, 6) is -0.186. The van der Waals surface area contributed by atoms with Gasteiger partial charge in [-0.2, -0.15) is 5.10 Å². The van der Waals surface area contributed by atoms with Gasteiger partial charge in [0.1, 0.15) is 5.82 Å². The summed E-state index contributed by atoms with van der Waals surface area (Å²) in [5, 5.41) is 17.9. The molecule has 11 heteroatoms. The van der Waals surface area contributed by atoms with Crippen LogP contribution in [0.4, 0.5) is 11.5 Å². The first-order valence-corrected chi connectivity index (χ1v) is 10.8. The summed E-state index contributed by atoms with van der Waals surface area (Å²) < 4.78 is 28.7. The Labute approximate surface area is 179 Å². The molecule has 0 saturated heterocycles. The predicted molar refractivity (Wildman–Crippen MR) is 115 cm³/mol. The van der Waals surface area contributed by atoms with Crippen molar-refractivity contribution in [2.45, 2.75) is 31.7 Å². The summed E-state index contributed by atoms with van der Waals surface area (Å²) in [6, 6.07) is 12.8. The standard InChI is InChI=1S/C20H21N5O5S/c1-13(2)23-31(29,30)18-6-4-5-15(12-18)20(26)21-19-11-14(3)22-24(19)16-7-9-17(10-8-16)25(27)28/h4-13,23H,1-3H3,(H,21,26). The van der Waals surface area contributed by atoms with Gasteiger partial charge < -0.3 is 5.32 Å². The van der Waals surface area contributed by atoms with Crippen molar-refractivity contribution in [2.24, 2.45) is 0 Å². The zero-order chi connectivity index (χ0) is 22.8. The predicted octanol–water partition coefficient (Wildman–Crippen LogP) is 3.03. The Balaban J connectivity index is 1.88. The van der Waals surface area contributed by atoms with E-state index in [0.29, 0.717) is 17.2 Å². The van der Waals surface area contributed by atoms with E-state index >= 15 is 0 Å². The zero-order valence-electron chi connectivity index (χ0n) is 17.1. The number of nitro groups is 1. The number of nitrogens with one attached hydrogen (secondary N) is 2. The number of benzene rings is 2. The zero-order valence-corrected chi connectivity index (χ0v) is 17.9. The number of carbonyl (C=O) groups is 1. The lowest BCUT2D eigenvalue weighted by atomic mass is 10.2. The fraction of sp³-hybridized carbons (Fsp3) is 0.200. The SMILES string of the molecule is Cc1cc(NC(=O)c2cccc(S(=O)(=O)NC(C)C)c2)n(-c2ccc([N+](=O)[O-])cc2)n1. The molecule has 2 aromatic carbocycles. The minimum Gasteiger partial charge on any atom is -0.306 e. The molecular formula is C20H21N5O5S. The van der Waals surface area contributed by atoms with E-state index in [-0.39, 0.29) is 22.2 Å². The molecule has 31 heavy (non-hydrogen) atoms. The fourth-order valence-corrected chi connectivity index (χ4v) is 4.17. The highest BCUT2D eigenvalue weighted by Gasteiger charge is 2.18. The van der Waals surface area contributed by atoms with Crippen molar-refractivity contribution in [1.29, 1.82) is 0 Å². The molecule has 0 atom stereocenters. The van der Waals surface area contributed by atoms with E-state index in [0.717, 1.165) is 0 Å². The van der Waals surface area contributed by atoms with Gasteiger partial charge in [0.25, 0.3) is 11.6 Å². The van der Waals surface area contributed by atoms with Crippen molar-refractivity contribution in [1.82, 2.24) is 14.5 Å². The second kappa shape index (κ2) is 8.66. The first-order chi connectivity index (χ1) is 14.6. The van der Waals surface area contributed by atoms with Crippen LogP contribution >= 0.6 is 0 Å². The van der Waals surface area contributed by atoms with Gasteiger partial charge in [0.05, 0.1) is 21.2 Å². The molecule has 0 aliphatic carbocycles. The minimum absolute atomic E-state index is 0.0195. The maximum absolute atomic E-state index is 12.8. The number of hydrogen-bond acceptors (Lipinski definition) is 6. The molecular weight excluding hydrogens is 422 g/mol. The van der Waals surface area contributed by atoms with Crippen LogP contribution in [0.3, 0.4) is 0 Å². The van der Waals surface area contributed by atoms with E-state index in [9.17, 15) is 23.3 Å². The van der Waals surface area contributed by atoms with Gasteiger partial charge in [-0.15, -0.1) is 0 Å². The van der Waals surface area contributed by atoms with Crippen LogP contribution < -0.4 is 10.0 Å². The van der Waals surface area contributed by atoms with Crippen LogP contribution in [0.1, 0.15) is 29.9 Å². The number of anilines is 1. The van der Waals surface area contributed by atoms with Gasteiger partial charge in [-0.3, -0.25) is 14.9 Å². The molecule has 0 saturated carbocycles. The van der Waals surface area contributed by atoms with E-state index in [1.165, 1.54) is 53.2 Å². The number of aromatic nitrogens is 2. The molecule has 1 amide bonds. The van der Waals surface area contributed by atoms with Gasteiger partial charge in [-0.25, -0.2) is 17.8 Å². The molecule has 2 N–H and O–H groups in total. The fourth-order valence-electron chi connectivity index (χ4n) is 2.87. The Morgan fingerprint density at radius 1 is 1.13 bits per heavy atom. The summed E-state index contributed by atoms with van der Waals surface area (Å²) in [6.45, 7) is 5.15. The smallest absolute Gasteiger partial charge is 0.269 e. The molecule has 0 aliphatic rings. The number of non-ortho nitro benzene ring substituents is 1. The second-order valence-corrected chi connectivity index (χ2v) is 8.83. The van der Waals surface area contributed by atoms with Gasteiger partial charge >= 0.3 is 0 Å². The Hall–Kier alpha value is -3.57. The molecule has 3 rings (SSSR count). The lowest BCUT2D eigenvalue weighted by Crippen LogP contribution is -2.30. The minimum atomic E-state index is -3.75. The molecule has 0 bridgehead atoms. The average molecular weight is 443 g/mol. The number of rotatable bonds is 7. The third kappa shape index (κ3) is 5.13. The lowest BCUT2D eigenvalue weighted by molar-refractivity contribution is -0.384. The molecule has 0 spiro atoms. The molecule has 0 fully saturated rings. The molecule has 3 aromatic rings. The molecule has 162 valence electrons. The molecule has 0 radical (unpaired) electrons. The second-order valence-electron chi connectivity index (χ2n) is 7.11.